The summed E-state index contributed by atoms with van der Waals surface area (Å²) in [6.45, 7) is 2.92. The maximum absolute atomic E-state index is 11.9. The molecule has 0 spiro atoms. The first-order valence-electron chi connectivity index (χ1n) is 6.20. The first-order chi connectivity index (χ1) is 8.10. The Morgan fingerprint density at radius 2 is 2.06 bits per heavy atom. The van der Waals surface area contributed by atoms with E-state index in [1.165, 1.54) is 7.11 Å². The van der Waals surface area contributed by atoms with Crippen molar-refractivity contribution in [3.05, 3.63) is 0 Å². The van der Waals surface area contributed by atoms with Crippen LogP contribution in [0.2, 0.25) is 0 Å². The molecule has 0 bridgehead atoms. The van der Waals surface area contributed by atoms with E-state index in [0.29, 0.717) is 19.1 Å². The van der Waals surface area contributed by atoms with Gasteiger partial charge in [0.2, 0.25) is 0 Å². The van der Waals surface area contributed by atoms with Crippen molar-refractivity contribution in [3.8, 4) is 0 Å². The lowest BCUT2D eigenvalue weighted by molar-refractivity contribution is -0.191. The Labute approximate surface area is 102 Å². The number of methoxy groups -OCH3 is 1. The molecule has 98 valence electrons. The van der Waals surface area contributed by atoms with Crippen molar-refractivity contribution in [1.29, 1.82) is 0 Å². The van der Waals surface area contributed by atoms with Gasteiger partial charge in [-0.1, -0.05) is 0 Å². The fourth-order valence-electron chi connectivity index (χ4n) is 2.81. The summed E-state index contributed by atoms with van der Waals surface area (Å²) in [6.07, 6.45) is 2.10. The molecule has 1 unspecified atom stereocenters. The summed E-state index contributed by atoms with van der Waals surface area (Å²) in [7, 11) is 3.54. The zero-order valence-electron chi connectivity index (χ0n) is 10.6. The third-order valence-electron chi connectivity index (χ3n) is 4.22. The minimum Gasteiger partial charge on any atom is -0.468 e. The van der Waals surface area contributed by atoms with Crippen LogP contribution in [0.5, 0.6) is 0 Å². The van der Waals surface area contributed by atoms with Crippen molar-refractivity contribution in [1.82, 2.24) is 4.90 Å². The van der Waals surface area contributed by atoms with E-state index in [1.54, 1.807) is 0 Å². The Morgan fingerprint density at radius 1 is 1.47 bits per heavy atom. The molecule has 2 aliphatic rings. The Morgan fingerprint density at radius 3 is 2.47 bits per heavy atom. The van der Waals surface area contributed by atoms with Crippen LogP contribution >= 0.6 is 0 Å². The van der Waals surface area contributed by atoms with E-state index >= 15 is 0 Å². The van der Waals surface area contributed by atoms with Crippen LogP contribution in [0.15, 0.2) is 0 Å². The normalized spacial score (nSPS) is 27.2. The number of carbonyl (C=O) groups excluding carboxylic acids is 1. The Balaban J connectivity index is 2.02. The molecule has 1 atom stereocenters. The third-order valence-corrected chi connectivity index (χ3v) is 4.22. The number of carbonyl (C=O) groups is 1. The van der Waals surface area contributed by atoms with Crippen LogP contribution in [0.4, 0.5) is 0 Å². The Hall–Kier alpha value is -0.650. The standard InChI is InChI=1S/C12H22N2O3/c1-14-5-3-9(4-6-14)10(13)12(7-17-8-12)11(15)16-2/h9-10H,3-8,13H2,1-2H3. The SMILES string of the molecule is COC(=O)C1(C(N)C2CCN(C)CC2)COC1. The van der Waals surface area contributed by atoms with Gasteiger partial charge in [-0.3, -0.25) is 4.79 Å². The highest BCUT2D eigenvalue weighted by molar-refractivity contribution is 5.79. The van der Waals surface area contributed by atoms with E-state index < -0.39 is 5.41 Å². The molecule has 17 heavy (non-hydrogen) atoms. The van der Waals surface area contributed by atoms with Crippen molar-refractivity contribution in [3.63, 3.8) is 0 Å². The van der Waals surface area contributed by atoms with Crippen molar-refractivity contribution in [2.45, 2.75) is 18.9 Å². The second-order valence-electron chi connectivity index (χ2n) is 5.31. The molecule has 2 N–H and O–H groups in total. The second-order valence-corrected chi connectivity index (χ2v) is 5.31. The molecule has 0 amide bonds. The van der Waals surface area contributed by atoms with E-state index in [2.05, 4.69) is 11.9 Å². The van der Waals surface area contributed by atoms with Gasteiger partial charge in [-0.15, -0.1) is 0 Å². The van der Waals surface area contributed by atoms with Crippen LogP contribution in [-0.4, -0.2) is 57.4 Å². The molecule has 0 aliphatic carbocycles. The second kappa shape index (κ2) is 4.92. The fourth-order valence-corrected chi connectivity index (χ4v) is 2.81. The number of nitrogens with zero attached hydrogens (tertiary/aromatic N) is 1. The summed E-state index contributed by atoms with van der Waals surface area (Å²) in [4.78, 5) is 14.2. The lowest BCUT2D eigenvalue weighted by Crippen LogP contribution is -2.63. The van der Waals surface area contributed by atoms with Crippen LogP contribution in [0, 0.1) is 11.3 Å². The average Bonchev–Trinajstić information content (AvgIpc) is 2.28. The van der Waals surface area contributed by atoms with Crippen molar-refractivity contribution >= 4 is 5.97 Å². The molecular formula is C12H22N2O3. The molecule has 2 heterocycles. The smallest absolute Gasteiger partial charge is 0.318 e. The Kier molecular flexibility index (Phi) is 3.70. The van der Waals surface area contributed by atoms with Gasteiger partial charge in [0.1, 0.15) is 5.41 Å². The zero-order valence-corrected chi connectivity index (χ0v) is 10.6. The lowest BCUT2D eigenvalue weighted by atomic mass is 9.70. The van der Waals surface area contributed by atoms with E-state index in [1.807, 2.05) is 0 Å². The predicted molar refractivity (Wildman–Crippen MR) is 63.5 cm³/mol. The average molecular weight is 242 g/mol. The summed E-state index contributed by atoms with van der Waals surface area (Å²) >= 11 is 0. The largest absolute Gasteiger partial charge is 0.468 e. The van der Waals surface area contributed by atoms with E-state index in [0.717, 1.165) is 25.9 Å². The van der Waals surface area contributed by atoms with Gasteiger partial charge in [0.25, 0.3) is 0 Å². The molecule has 0 aromatic carbocycles. The number of nitrogens with two attached hydrogens (primary N) is 1. The summed E-state index contributed by atoms with van der Waals surface area (Å²) in [5, 5.41) is 0. The molecule has 2 rings (SSSR count). The topological polar surface area (TPSA) is 64.8 Å². The highest BCUT2D eigenvalue weighted by Crippen LogP contribution is 2.38. The molecule has 5 nitrogen and oxygen atoms in total. The van der Waals surface area contributed by atoms with E-state index in [9.17, 15) is 4.79 Å². The first kappa shape index (κ1) is 12.8. The number of likely N-dealkylation sites (tertiary alicyclic amines) is 1. The van der Waals surface area contributed by atoms with Crippen LogP contribution in [0.3, 0.4) is 0 Å². The summed E-state index contributed by atoms with van der Waals surface area (Å²) < 4.78 is 10.1. The maximum Gasteiger partial charge on any atom is 0.318 e. The lowest BCUT2D eigenvalue weighted by Gasteiger charge is -2.47. The first-order valence-corrected chi connectivity index (χ1v) is 6.20. The summed E-state index contributed by atoms with van der Waals surface area (Å²) in [5.41, 5.74) is 5.72. The molecule has 5 heteroatoms. The van der Waals surface area contributed by atoms with Crippen molar-refractivity contribution in [2.24, 2.45) is 17.1 Å². The number of esters is 1. The van der Waals surface area contributed by atoms with Crippen LogP contribution in [0.25, 0.3) is 0 Å². The highest BCUT2D eigenvalue weighted by atomic mass is 16.5. The zero-order chi connectivity index (χ0) is 12.5. The quantitative estimate of drug-likeness (QED) is 0.697. The number of rotatable bonds is 3. The molecule has 2 saturated heterocycles. The fraction of sp³-hybridized carbons (Fsp3) is 0.917. The summed E-state index contributed by atoms with van der Waals surface area (Å²) in [5.74, 6) is 0.185. The minimum atomic E-state index is -0.588. The van der Waals surface area contributed by atoms with Crippen LogP contribution < -0.4 is 5.73 Å². The Bertz CT molecular complexity index is 283. The van der Waals surface area contributed by atoms with Gasteiger partial charge in [0.05, 0.1) is 20.3 Å². The highest BCUT2D eigenvalue weighted by Gasteiger charge is 2.54. The van der Waals surface area contributed by atoms with E-state index in [-0.39, 0.29) is 12.0 Å². The predicted octanol–water partition coefficient (Wildman–Crippen LogP) is -0.155. The molecule has 0 aromatic heterocycles. The van der Waals surface area contributed by atoms with Gasteiger partial charge >= 0.3 is 5.97 Å². The van der Waals surface area contributed by atoms with Crippen molar-refractivity contribution < 1.29 is 14.3 Å². The van der Waals surface area contributed by atoms with Crippen LogP contribution in [0.1, 0.15) is 12.8 Å². The van der Waals surface area contributed by atoms with Gasteiger partial charge in [-0.25, -0.2) is 0 Å². The third kappa shape index (κ3) is 2.19. The number of hydrogen-bond donors (Lipinski definition) is 1. The molecule has 2 aliphatic heterocycles. The number of ether oxygens (including phenoxy) is 2. The van der Waals surface area contributed by atoms with Gasteiger partial charge in [0.15, 0.2) is 0 Å². The summed E-state index contributed by atoms with van der Waals surface area (Å²) in [6, 6.07) is -0.141. The molecule has 0 saturated carbocycles. The van der Waals surface area contributed by atoms with Gasteiger partial charge in [0, 0.05) is 6.04 Å². The molecule has 0 radical (unpaired) electrons. The van der Waals surface area contributed by atoms with Crippen LogP contribution in [-0.2, 0) is 14.3 Å². The number of hydrogen-bond acceptors (Lipinski definition) is 5. The number of piperidine rings is 1. The molecule has 2 fully saturated rings. The van der Waals surface area contributed by atoms with E-state index in [4.69, 9.17) is 15.2 Å². The monoisotopic (exact) mass is 242 g/mol. The van der Waals surface area contributed by atoms with Gasteiger partial charge in [-0.05, 0) is 38.9 Å². The molecule has 0 aromatic rings. The van der Waals surface area contributed by atoms with Crippen molar-refractivity contribution in [2.75, 3.05) is 40.5 Å². The maximum atomic E-state index is 11.9. The van der Waals surface area contributed by atoms with Gasteiger partial charge < -0.3 is 20.1 Å². The minimum absolute atomic E-state index is 0.141. The van der Waals surface area contributed by atoms with Gasteiger partial charge in [-0.2, -0.15) is 0 Å². The molecular weight excluding hydrogens is 220 g/mol.